The van der Waals surface area contributed by atoms with Crippen molar-refractivity contribution < 1.29 is 14.3 Å². The van der Waals surface area contributed by atoms with Gasteiger partial charge in [0.15, 0.2) is 0 Å². The standard InChI is InChI=1S/C23H26ClN3O3/c24-20-4-2-1-3-18(20)15-21(28)26-16-19-5-8-23(30-19)9-13-27(14-10-23)22(29)17-6-11-25-12-7-17/h1-4,6-7,11-12,19H,5,8-10,13-16H2,(H,26,28)/t19-/m0/s1. The predicted octanol–water partition coefficient (Wildman–Crippen LogP) is 3.25. The number of carbonyl (C=O) groups is 2. The number of hydrogen-bond acceptors (Lipinski definition) is 4. The fraction of sp³-hybridized carbons (Fsp3) is 0.435. The summed E-state index contributed by atoms with van der Waals surface area (Å²) in [5.74, 6) is -0.000880. The molecular weight excluding hydrogens is 402 g/mol. The number of carbonyl (C=O) groups excluding carboxylic acids is 2. The molecule has 1 N–H and O–H groups in total. The lowest BCUT2D eigenvalue weighted by atomic mass is 9.88. The van der Waals surface area contributed by atoms with E-state index in [2.05, 4.69) is 10.3 Å². The van der Waals surface area contributed by atoms with Crippen LogP contribution < -0.4 is 5.32 Å². The molecule has 0 saturated carbocycles. The Balaban J connectivity index is 1.23. The van der Waals surface area contributed by atoms with Crippen LogP contribution in [0.3, 0.4) is 0 Å². The Labute approximate surface area is 181 Å². The number of rotatable bonds is 5. The number of hydrogen-bond donors (Lipinski definition) is 1. The molecule has 0 aliphatic carbocycles. The molecule has 158 valence electrons. The van der Waals surface area contributed by atoms with Crippen LogP contribution in [0, 0.1) is 0 Å². The van der Waals surface area contributed by atoms with E-state index in [1.807, 2.05) is 23.1 Å². The first-order chi connectivity index (χ1) is 14.5. The van der Waals surface area contributed by atoms with Gasteiger partial charge in [0.1, 0.15) is 0 Å². The summed E-state index contributed by atoms with van der Waals surface area (Å²) in [6.45, 7) is 1.88. The molecule has 6 nitrogen and oxygen atoms in total. The first-order valence-electron chi connectivity index (χ1n) is 10.4. The number of nitrogens with one attached hydrogen (secondary N) is 1. The van der Waals surface area contributed by atoms with Crippen molar-refractivity contribution in [3.8, 4) is 0 Å². The zero-order valence-corrected chi connectivity index (χ0v) is 17.6. The van der Waals surface area contributed by atoms with Crippen molar-refractivity contribution in [3.63, 3.8) is 0 Å². The lowest BCUT2D eigenvalue weighted by Gasteiger charge is -2.39. The Morgan fingerprint density at radius 3 is 2.60 bits per heavy atom. The molecule has 1 aromatic heterocycles. The molecule has 1 spiro atoms. The fourth-order valence-corrected chi connectivity index (χ4v) is 4.51. The highest BCUT2D eigenvalue weighted by Crippen LogP contribution is 2.39. The van der Waals surface area contributed by atoms with Crippen LogP contribution in [-0.2, 0) is 16.0 Å². The molecule has 2 saturated heterocycles. The van der Waals surface area contributed by atoms with Crippen molar-refractivity contribution >= 4 is 23.4 Å². The molecule has 2 fully saturated rings. The van der Waals surface area contributed by atoms with Crippen molar-refractivity contribution in [2.24, 2.45) is 0 Å². The zero-order chi connectivity index (χ0) is 21.0. The van der Waals surface area contributed by atoms with Gasteiger partial charge in [-0.05, 0) is 49.4 Å². The minimum atomic E-state index is -0.173. The van der Waals surface area contributed by atoms with Crippen LogP contribution in [0.15, 0.2) is 48.8 Å². The largest absolute Gasteiger partial charge is 0.370 e. The number of ether oxygens (including phenoxy) is 1. The smallest absolute Gasteiger partial charge is 0.253 e. The quantitative estimate of drug-likeness (QED) is 0.795. The molecule has 2 amide bonds. The molecule has 4 rings (SSSR count). The first kappa shape index (κ1) is 20.8. The second-order valence-electron chi connectivity index (χ2n) is 8.06. The molecule has 1 atom stereocenters. The Morgan fingerprint density at radius 1 is 1.13 bits per heavy atom. The van der Waals surface area contributed by atoms with Gasteiger partial charge in [-0.3, -0.25) is 14.6 Å². The van der Waals surface area contributed by atoms with Crippen LogP contribution in [0.25, 0.3) is 0 Å². The Morgan fingerprint density at radius 2 is 1.87 bits per heavy atom. The van der Waals surface area contributed by atoms with E-state index in [4.69, 9.17) is 16.3 Å². The summed E-state index contributed by atoms with van der Waals surface area (Å²) >= 11 is 6.13. The lowest BCUT2D eigenvalue weighted by molar-refractivity contribution is -0.122. The summed E-state index contributed by atoms with van der Waals surface area (Å²) in [5.41, 5.74) is 1.33. The summed E-state index contributed by atoms with van der Waals surface area (Å²) in [5, 5.41) is 3.59. The maximum absolute atomic E-state index is 12.6. The van der Waals surface area contributed by atoms with Crippen molar-refractivity contribution in [1.29, 1.82) is 0 Å². The number of aromatic nitrogens is 1. The summed E-state index contributed by atoms with van der Waals surface area (Å²) in [6.07, 6.45) is 7.11. The van der Waals surface area contributed by atoms with Gasteiger partial charge in [0.2, 0.25) is 5.91 Å². The van der Waals surface area contributed by atoms with E-state index in [9.17, 15) is 9.59 Å². The molecule has 3 heterocycles. The third-order valence-corrected chi connectivity index (χ3v) is 6.43. The second kappa shape index (κ2) is 9.14. The second-order valence-corrected chi connectivity index (χ2v) is 8.47. The minimum Gasteiger partial charge on any atom is -0.370 e. The van der Waals surface area contributed by atoms with Crippen LogP contribution in [-0.4, -0.2) is 53.0 Å². The van der Waals surface area contributed by atoms with Crippen molar-refractivity contribution in [2.45, 2.75) is 43.8 Å². The van der Waals surface area contributed by atoms with Crippen LogP contribution in [0.1, 0.15) is 41.6 Å². The molecule has 2 aromatic rings. The predicted molar refractivity (Wildman–Crippen MR) is 114 cm³/mol. The van der Waals surface area contributed by atoms with Gasteiger partial charge in [0.25, 0.3) is 5.91 Å². The normalized spacial score (nSPS) is 20.3. The summed E-state index contributed by atoms with van der Waals surface area (Å²) in [7, 11) is 0. The molecule has 1 aromatic carbocycles. The van der Waals surface area contributed by atoms with E-state index in [-0.39, 0.29) is 29.9 Å². The third kappa shape index (κ3) is 4.82. The molecule has 0 radical (unpaired) electrons. The SMILES string of the molecule is O=C(Cc1ccccc1Cl)NC[C@@H]1CCC2(CCN(C(=O)c3ccncc3)CC2)O1. The highest BCUT2D eigenvalue weighted by Gasteiger charge is 2.43. The van der Waals surface area contributed by atoms with Gasteiger partial charge < -0.3 is 15.0 Å². The highest BCUT2D eigenvalue weighted by molar-refractivity contribution is 6.31. The Hall–Kier alpha value is -2.44. The van der Waals surface area contributed by atoms with E-state index in [0.717, 1.165) is 31.2 Å². The summed E-state index contributed by atoms with van der Waals surface area (Å²) < 4.78 is 6.36. The van der Waals surface area contributed by atoms with E-state index in [1.54, 1.807) is 30.6 Å². The lowest BCUT2D eigenvalue weighted by Crippen LogP contribution is -2.47. The zero-order valence-electron chi connectivity index (χ0n) is 16.9. The van der Waals surface area contributed by atoms with Crippen molar-refractivity contribution in [2.75, 3.05) is 19.6 Å². The van der Waals surface area contributed by atoms with Gasteiger partial charge in [-0.2, -0.15) is 0 Å². The Kier molecular flexibility index (Phi) is 6.35. The average Bonchev–Trinajstić information content (AvgIpc) is 3.17. The van der Waals surface area contributed by atoms with Crippen LogP contribution in [0.2, 0.25) is 5.02 Å². The number of nitrogens with zero attached hydrogens (tertiary/aromatic N) is 2. The number of piperidine rings is 1. The summed E-state index contributed by atoms with van der Waals surface area (Å²) in [6, 6.07) is 10.9. The Bertz CT molecular complexity index is 898. The van der Waals surface area contributed by atoms with Crippen LogP contribution >= 0.6 is 11.6 Å². The molecule has 7 heteroatoms. The maximum Gasteiger partial charge on any atom is 0.253 e. The van der Waals surface area contributed by atoms with Crippen LogP contribution in [0.4, 0.5) is 0 Å². The van der Waals surface area contributed by atoms with Gasteiger partial charge in [0.05, 0.1) is 18.1 Å². The number of likely N-dealkylation sites (tertiary alicyclic amines) is 1. The molecule has 2 aliphatic heterocycles. The van der Waals surface area contributed by atoms with E-state index in [1.165, 1.54) is 0 Å². The molecule has 0 unspecified atom stereocenters. The van der Waals surface area contributed by atoms with E-state index in [0.29, 0.717) is 30.2 Å². The number of amides is 2. The number of pyridine rings is 1. The highest BCUT2D eigenvalue weighted by atomic mass is 35.5. The third-order valence-electron chi connectivity index (χ3n) is 6.06. The fourth-order valence-electron chi connectivity index (χ4n) is 4.31. The van der Waals surface area contributed by atoms with Gasteiger partial charge in [-0.15, -0.1) is 0 Å². The maximum atomic E-state index is 12.6. The number of benzene rings is 1. The molecule has 0 bridgehead atoms. The monoisotopic (exact) mass is 427 g/mol. The molecule has 30 heavy (non-hydrogen) atoms. The molecular formula is C23H26ClN3O3. The van der Waals surface area contributed by atoms with Crippen molar-refractivity contribution in [3.05, 3.63) is 64.9 Å². The summed E-state index contributed by atoms with van der Waals surface area (Å²) in [4.78, 5) is 30.7. The number of halogens is 1. The molecule has 2 aliphatic rings. The average molecular weight is 428 g/mol. The van der Waals surface area contributed by atoms with Crippen molar-refractivity contribution in [1.82, 2.24) is 15.2 Å². The first-order valence-corrected chi connectivity index (χ1v) is 10.8. The minimum absolute atomic E-state index is 0.0163. The van der Waals surface area contributed by atoms with Gasteiger partial charge in [-0.1, -0.05) is 29.8 Å². The van der Waals surface area contributed by atoms with Gasteiger partial charge >= 0.3 is 0 Å². The topological polar surface area (TPSA) is 71.5 Å². The van der Waals surface area contributed by atoms with E-state index >= 15 is 0 Å². The van der Waals surface area contributed by atoms with E-state index < -0.39 is 0 Å². The van der Waals surface area contributed by atoms with Gasteiger partial charge in [0, 0.05) is 42.6 Å². The van der Waals surface area contributed by atoms with Crippen LogP contribution in [0.5, 0.6) is 0 Å². The van der Waals surface area contributed by atoms with Gasteiger partial charge in [-0.25, -0.2) is 0 Å².